The van der Waals surface area contributed by atoms with Crippen molar-refractivity contribution in [3.63, 3.8) is 0 Å². The van der Waals surface area contributed by atoms with Crippen LogP contribution in [0.2, 0.25) is 0 Å². The number of carboxylic acid groups (broad SMARTS) is 1. The number of carboxylic acids is 1. The first-order chi connectivity index (χ1) is 8.99. The largest absolute Gasteiger partial charge is 0.478 e. The first kappa shape index (κ1) is 14.4. The zero-order chi connectivity index (χ0) is 13.9. The van der Waals surface area contributed by atoms with Crippen LogP contribution in [-0.4, -0.2) is 52.0 Å². The Bertz CT molecular complexity index is 546. The van der Waals surface area contributed by atoms with Crippen LogP contribution in [-0.2, 0) is 19.5 Å². The second-order valence-electron chi connectivity index (χ2n) is 3.88. The Hall–Kier alpha value is -1.00. The highest BCUT2D eigenvalue weighted by molar-refractivity contribution is 7.91. The van der Waals surface area contributed by atoms with Crippen molar-refractivity contribution < 1.29 is 27.8 Å². The average Bonchev–Trinajstić information content (AvgIpc) is 2.88. The van der Waals surface area contributed by atoms with Crippen molar-refractivity contribution in [2.24, 2.45) is 0 Å². The van der Waals surface area contributed by atoms with E-state index in [0.717, 1.165) is 17.4 Å². The number of carbonyl (C=O) groups is 1. The molecule has 0 amide bonds. The number of thiophene rings is 1. The van der Waals surface area contributed by atoms with E-state index in [-0.39, 0.29) is 22.4 Å². The van der Waals surface area contributed by atoms with Gasteiger partial charge in [0.1, 0.15) is 4.21 Å². The van der Waals surface area contributed by atoms with E-state index in [1.807, 2.05) is 0 Å². The molecule has 2 N–H and O–H groups in total. The van der Waals surface area contributed by atoms with Crippen molar-refractivity contribution in [2.45, 2.75) is 10.3 Å². The quantitative estimate of drug-likeness (QED) is 0.802. The number of nitrogens with one attached hydrogen (secondary N) is 1. The lowest BCUT2D eigenvalue weighted by Gasteiger charge is -2.22. The van der Waals surface area contributed by atoms with Gasteiger partial charge in [0.15, 0.2) is 0 Å². The standard InChI is InChI=1S/C10H13NO6S2/c12-10(13)7-3-9(18-6-7)19(14,15)11-4-8-5-16-1-2-17-8/h3,6,8,11H,1-2,4-5H2,(H,12,13). The second kappa shape index (κ2) is 5.97. The summed E-state index contributed by atoms with van der Waals surface area (Å²) in [4.78, 5) is 10.7. The Morgan fingerprint density at radius 1 is 1.53 bits per heavy atom. The summed E-state index contributed by atoms with van der Waals surface area (Å²) in [6.45, 7) is 1.39. The molecule has 0 spiro atoms. The van der Waals surface area contributed by atoms with E-state index in [4.69, 9.17) is 14.6 Å². The molecule has 1 aromatic heterocycles. The topological polar surface area (TPSA) is 102 Å². The van der Waals surface area contributed by atoms with E-state index < -0.39 is 16.0 Å². The molecular weight excluding hydrogens is 294 g/mol. The van der Waals surface area contributed by atoms with Crippen molar-refractivity contribution in [2.75, 3.05) is 26.4 Å². The maximum atomic E-state index is 11.9. The van der Waals surface area contributed by atoms with Gasteiger partial charge in [-0.3, -0.25) is 0 Å². The Kier molecular flexibility index (Phi) is 4.53. The lowest BCUT2D eigenvalue weighted by atomic mass is 10.3. The number of ether oxygens (including phenoxy) is 2. The van der Waals surface area contributed by atoms with Crippen LogP contribution >= 0.6 is 11.3 Å². The first-order valence-electron chi connectivity index (χ1n) is 5.50. The normalized spacial score (nSPS) is 20.3. The number of hydrogen-bond acceptors (Lipinski definition) is 6. The number of aromatic carboxylic acids is 1. The second-order valence-corrected chi connectivity index (χ2v) is 6.78. The van der Waals surface area contributed by atoms with Crippen molar-refractivity contribution in [3.8, 4) is 0 Å². The van der Waals surface area contributed by atoms with E-state index in [0.29, 0.717) is 19.8 Å². The third-order valence-corrected chi connectivity index (χ3v) is 5.34. The number of rotatable bonds is 5. The summed E-state index contributed by atoms with van der Waals surface area (Å²) < 4.78 is 36.7. The third kappa shape index (κ3) is 3.74. The summed E-state index contributed by atoms with van der Waals surface area (Å²) in [6.07, 6.45) is -0.317. The zero-order valence-electron chi connectivity index (χ0n) is 9.87. The molecule has 0 bridgehead atoms. The molecule has 1 aliphatic rings. The van der Waals surface area contributed by atoms with Gasteiger partial charge in [0.25, 0.3) is 0 Å². The van der Waals surface area contributed by atoms with Gasteiger partial charge in [0.05, 0.1) is 31.5 Å². The van der Waals surface area contributed by atoms with E-state index in [1.54, 1.807) is 0 Å². The SMILES string of the molecule is O=C(O)c1csc(S(=O)(=O)NCC2COCCO2)c1. The molecule has 106 valence electrons. The Morgan fingerprint density at radius 3 is 2.89 bits per heavy atom. The molecule has 7 nitrogen and oxygen atoms in total. The maximum Gasteiger partial charge on any atom is 0.336 e. The predicted octanol–water partition coefficient (Wildman–Crippen LogP) is 0.140. The molecule has 0 saturated carbocycles. The predicted molar refractivity (Wildman–Crippen MR) is 67.0 cm³/mol. The van der Waals surface area contributed by atoms with Crippen LogP contribution < -0.4 is 4.72 Å². The molecule has 2 heterocycles. The van der Waals surface area contributed by atoms with Gasteiger partial charge >= 0.3 is 5.97 Å². The van der Waals surface area contributed by atoms with Crippen molar-refractivity contribution >= 4 is 27.3 Å². The highest BCUT2D eigenvalue weighted by atomic mass is 32.2. The van der Waals surface area contributed by atoms with Crippen LogP contribution in [0.4, 0.5) is 0 Å². The van der Waals surface area contributed by atoms with Gasteiger partial charge in [-0.15, -0.1) is 11.3 Å². The molecule has 1 aliphatic heterocycles. The van der Waals surface area contributed by atoms with Crippen LogP contribution in [0.3, 0.4) is 0 Å². The smallest absolute Gasteiger partial charge is 0.336 e. The van der Waals surface area contributed by atoms with Gasteiger partial charge in [-0.1, -0.05) is 0 Å². The fourth-order valence-electron chi connectivity index (χ4n) is 1.50. The zero-order valence-corrected chi connectivity index (χ0v) is 11.5. The van der Waals surface area contributed by atoms with Crippen molar-refractivity contribution in [1.82, 2.24) is 4.72 Å². The van der Waals surface area contributed by atoms with Crippen LogP contribution in [0.1, 0.15) is 10.4 Å². The molecule has 1 aromatic rings. The van der Waals surface area contributed by atoms with Gasteiger partial charge in [0.2, 0.25) is 10.0 Å². The van der Waals surface area contributed by atoms with E-state index in [1.165, 1.54) is 5.38 Å². The fraction of sp³-hybridized carbons (Fsp3) is 0.500. The molecule has 1 unspecified atom stereocenters. The molecule has 0 aliphatic carbocycles. The van der Waals surface area contributed by atoms with Gasteiger partial charge in [-0.25, -0.2) is 17.9 Å². The lowest BCUT2D eigenvalue weighted by Crippen LogP contribution is -2.39. The molecule has 1 saturated heterocycles. The third-order valence-electron chi connectivity index (χ3n) is 2.47. The van der Waals surface area contributed by atoms with E-state index in [2.05, 4.69) is 4.72 Å². The highest BCUT2D eigenvalue weighted by Gasteiger charge is 2.22. The Morgan fingerprint density at radius 2 is 2.32 bits per heavy atom. The Labute approximate surface area is 114 Å². The summed E-state index contributed by atoms with van der Waals surface area (Å²) in [6, 6.07) is 1.13. The number of hydrogen-bond donors (Lipinski definition) is 2. The first-order valence-corrected chi connectivity index (χ1v) is 7.86. The minimum atomic E-state index is -3.70. The van der Waals surface area contributed by atoms with Gasteiger partial charge < -0.3 is 14.6 Å². The van der Waals surface area contributed by atoms with Gasteiger partial charge in [-0.2, -0.15) is 0 Å². The fourth-order valence-corrected chi connectivity index (χ4v) is 3.76. The molecule has 9 heteroatoms. The minimum absolute atomic E-state index is 0.0263. The van der Waals surface area contributed by atoms with Crippen LogP contribution in [0, 0.1) is 0 Å². The minimum Gasteiger partial charge on any atom is -0.478 e. The van der Waals surface area contributed by atoms with Crippen LogP contribution in [0.5, 0.6) is 0 Å². The monoisotopic (exact) mass is 307 g/mol. The van der Waals surface area contributed by atoms with Gasteiger partial charge in [0, 0.05) is 11.9 Å². The summed E-state index contributed by atoms with van der Waals surface area (Å²) >= 11 is 0.868. The molecule has 19 heavy (non-hydrogen) atoms. The molecule has 1 atom stereocenters. The highest BCUT2D eigenvalue weighted by Crippen LogP contribution is 2.20. The summed E-state index contributed by atoms with van der Waals surface area (Å²) in [7, 11) is -3.70. The molecule has 0 radical (unpaired) electrons. The van der Waals surface area contributed by atoms with Gasteiger partial charge in [-0.05, 0) is 6.07 Å². The average molecular weight is 307 g/mol. The van der Waals surface area contributed by atoms with Crippen LogP contribution in [0.25, 0.3) is 0 Å². The summed E-state index contributed by atoms with van der Waals surface area (Å²) in [5.41, 5.74) is -0.0392. The molecule has 0 aromatic carbocycles. The Balaban J connectivity index is 1.98. The number of sulfonamides is 1. The summed E-state index contributed by atoms with van der Waals surface area (Å²) in [5, 5.41) is 10.0. The summed E-state index contributed by atoms with van der Waals surface area (Å²) in [5.74, 6) is -1.15. The van der Waals surface area contributed by atoms with E-state index in [9.17, 15) is 13.2 Å². The molecular formula is C10H13NO6S2. The molecule has 1 fully saturated rings. The van der Waals surface area contributed by atoms with Crippen LogP contribution in [0.15, 0.2) is 15.7 Å². The van der Waals surface area contributed by atoms with E-state index >= 15 is 0 Å². The maximum absolute atomic E-state index is 11.9. The van der Waals surface area contributed by atoms with Crippen molar-refractivity contribution in [1.29, 1.82) is 0 Å². The lowest BCUT2D eigenvalue weighted by molar-refractivity contribution is -0.0846. The van der Waals surface area contributed by atoms with Crippen molar-refractivity contribution in [3.05, 3.63) is 17.0 Å². The molecule has 2 rings (SSSR count).